The lowest BCUT2D eigenvalue weighted by molar-refractivity contribution is -0.0680. The van der Waals surface area contributed by atoms with Gasteiger partial charge in [0.15, 0.2) is 0 Å². The molecule has 2 heterocycles. The summed E-state index contributed by atoms with van der Waals surface area (Å²) in [6.45, 7) is 1.23. The molecule has 1 fully saturated rings. The van der Waals surface area contributed by atoms with Gasteiger partial charge in [0.2, 0.25) is 0 Å². The predicted molar refractivity (Wildman–Crippen MR) is 65.7 cm³/mol. The summed E-state index contributed by atoms with van der Waals surface area (Å²) in [5, 5.41) is 11.7. The van der Waals surface area contributed by atoms with E-state index in [-0.39, 0.29) is 0 Å². The minimum absolute atomic E-state index is 0.614. The monoisotopic (exact) mass is 229 g/mol. The van der Waals surface area contributed by atoms with E-state index in [0.717, 1.165) is 16.5 Å². The molecule has 0 amide bonds. The molecule has 88 valence electrons. The molecular formula is C14H15NO2. The standard InChI is InChI=1S/C14H15NO2/c16-14(5-7-17-8-6-14)12-9-11-3-1-2-4-13(11)15-10-12/h1-4,9-10,16H,5-8H2. The van der Waals surface area contributed by atoms with Gasteiger partial charge in [-0.2, -0.15) is 0 Å². The molecule has 3 rings (SSSR count). The summed E-state index contributed by atoms with van der Waals surface area (Å²) in [5.74, 6) is 0. The first-order chi connectivity index (χ1) is 8.28. The zero-order valence-corrected chi connectivity index (χ0v) is 9.60. The van der Waals surface area contributed by atoms with Crippen LogP contribution in [0.4, 0.5) is 0 Å². The SMILES string of the molecule is OC1(c2cnc3ccccc3c2)CCOCC1. The van der Waals surface area contributed by atoms with Crippen LogP contribution in [0.5, 0.6) is 0 Å². The predicted octanol–water partition coefficient (Wildman–Crippen LogP) is 2.23. The van der Waals surface area contributed by atoms with Crippen LogP contribution in [0.3, 0.4) is 0 Å². The lowest BCUT2D eigenvalue weighted by Gasteiger charge is -2.32. The van der Waals surface area contributed by atoms with E-state index in [1.54, 1.807) is 6.20 Å². The number of hydrogen-bond donors (Lipinski definition) is 1. The largest absolute Gasteiger partial charge is 0.385 e. The summed E-state index contributed by atoms with van der Waals surface area (Å²) >= 11 is 0. The molecule has 2 aromatic rings. The maximum absolute atomic E-state index is 10.6. The number of aliphatic hydroxyl groups is 1. The van der Waals surface area contributed by atoms with E-state index in [9.17, 15) is 5.11 Å². The van der Waals surface area contributed by atoms with Gasteiger partial charge < -0.3 is 9.84 Å². The van der Waals surface area contributed by atoms with Crippen LogP contribution in [0.2, 0.25) is 0 Å². The van der Waals surface area contributed by atoms with Gasteiger partial charge in [-0.25, -0.2) is 0 Å². The van der Waals surface area contributed by atoms with E-state index >= 15 is 0 Å². The Morgan fingerprint density at radius 3 is 2.76 bits per heavy atom. The van der Waals surface area contributed by atoms with Crippen molar-refractivity contribution in [3.8, 4) is 0 Å². The minimum Gasteiger partial charge on any atom is -0.385 e. The molecule has 0 atom stereocenters. The maximum Gasteiger partial charge on any atom is 0.0955 e. The Balaban J connectivity index is 2.05. The quantitative estimate of drug-likeness (QED) is 0.815. The van der Waals surface area contributed by atoms with Gasteiger partial charge in [-0.15, -0.1) is 0 Å². The zero-order chi connectivity index (χ0) is 11.7. The highest BCUT2D eigenvalue weighted by Crippen LogP contribution is 2.32. The van der Waals surface area contributed by atoms with Crippen molar-refractivity contribution in [1.29, 1.82) is 0 Å². The molecule has 3 nitrogen and oxygen atoms in total. The van der Waals surface area contributed by atoms with Crippen molar-refractivity contribution < 1.29 is 9.84 Å². The third-order valence-corrected chi connectivity index (χ3v) is 3.45. The molecule has 1 aliphatic heterocycles. The summed E-state index contributed by atoms with van der Waals surface area (Å²) in [5.41, 5.74) is 1.10. The van der Waals surface area contributed by atoms with Crippen molar-refractivity contribution in [2.24, 2.45) is 0 Å². The van der Waals surface area contributed by atoms with E-state index in [2.05, 4.69) is 4.98 Å². The Hall–Kier alpha value is -1.45. The summed E-state index contributed by atoms with van der Waals surface area (Å²) < 4.78 is 5.29. The maximum atomic E-state index is 10.6. The van der Waals surface area contributed by atoms with Gasteiger partial charge >= 0.3 is 0 Å². The van der Waals surface area contributed by atoms with Crippen molar-refractivity contribution in [2.45, 2.75) is 18.4 Å². The van der Waals surface area contributed by atoms with E-state index in [0.29, 0.717) is 26.1 Å². The fourth-order valence-electron chi connectivity index (χ4n) is 2.32. The molecule has 0 spiro atoms. The summed E-state index contributed by atoms with van der Waals surface area (Å²) in [6.07, 6.45) is 3.08. The van der Waals surface area contributed by atoms with Gasteiger partial charge in [-0.3, -0.25) is 4.98 Å². The van der Waals surface area contributed by atoms with E-state index in [1.807, 2.05) is 30.3 Å². The van der Waals surface area contributed by atoms with Crippen LogP contribution in [0, 0.1) is 0 Å². The van der Waals surface area contributed by atoms with Crippen LogP contribution in [-0.4, -0.2) is 23.3 Å². The molecule has 0 bridgehead atoms. The van der Waals surface area contributed by atoms with Gasteiger partial charge in [-0.05, 0) is 12.1 Å². The van der Waals surface area contributed by atoms with Crippen LogP contribution in [0.15, 0.2) is 36.5 Å². The van der Waals surface area contributed by atoms with Crippen LogP contribution in [0.1, 0.15) is 18.4 Å². The van der Waals surface area contributed by atoms with Crippen LogP contribution >= 0.6 is 0 Å². The van der Waals surface area contributed by atoms with Crippen molar-refractivity contribution >= 4 is 10.9 Å². The number of rotatable bonds is 1. The molecule has 1 aromatic heterocycles. The van der Waals surface area contributed by atoms with Crippen LogP contribution in [-0.2, 0) is 10.3 Å². The second-order valence-corrected chi connectivity index (χ2v) is 4.56. The summed E-state index contributed by atoms with van der Waals surface area (Å²) in [4.78, 5) is 4.40. The first-order valence-corrected chi connectivity index (χ1v) is 5.93. The normalized spacial score (nSPS) is 19.4. The lowest BCUT2D eigenvalue weighted by Crippen LogP contribution is -2.33. The van der Waals surface area contributed by atoms with Gasteiger partial charge in [-0.1, -0.05) is 18.2 Å². The molecule has 1 aliphatic rings. The topological polar surface area (TPSA) is 42.4 Å². The second-order valence-electron chi connectivity index (χ2n) is 4.56. The molecular weight excluding hydrogens is 214 g/mol. The third-order valence-electron chi connectivity index (χ3n) is 3.45. The lowest BCUT2D eigenvalue weighted by atomic mass is 9.87. The Morgan fingerprint density at radius 2 is 1.94 bits per heavy atom. The molecule has 0 unspecified atom stereocenters. The Labute approximate surface area is 100 Å². The van der Waals surface area contributed by atoms with Crippen molar-refractivity contribution in [3.05, 3.63) is 42.1 Å². The highest BCUT2D eigenvalue weighted by Gasteiger charge is 2.32. The van der Waals surface area contributed by atoms with Gasteiger partial charge in [0.25, 0.3) is 0 Å². The number of benzene rings is 1. The molecule has 3 heteroatoms. The zero-order valence-electron chi connectivity index (χ0n) is 9.60. The molecule has 1 aromatic carbocycles. The highest BCUT2D eigenvalue weighted by molar-refractivity contribution is 5.78. The first-order valence-electron chi connectivity index (χ1n) is 5.93. The fraction of sp³-hybridized carbons (Fsp3) is 0.357. The number of aromatic nitrogens is 1. The van der Waals surface area contributed by atoms with Crippen molar-refractivity contribution in [1.82, 2.24) is 4.98 Å². The van der Waals surface area contributed by atoms with Gasteiger partial charge in [0, 0.05) is 43.2 Å². The number of hydrogen-bond acceptors (Lipinski definition) is 3. The molecule has 17 heavy (non-hydrogen) atoms. The van der Waals surface area contributed by atoms with E-state index in [4.69, 9.17) is 4.74 Å². The summed E-state index contributed by atoms with van der Waals surface area (Å²) in [7, 11) is 0. The fourth-order valence-corrected chi connectivity index (χ4v) is 2.32. The third kappa shape index (κ3) is 1.92. The smallest absolute Gasteiger partial charge is 0.0955 e. The Kier molecular flexibility index (Phi) is 2.57. The highest BCUT2D eigenvalue weighted by atomic mass is 16.5. The van der Waals surface area contributed by atoms with Crippen molar-refractivity contribution in [3.63, 3.8) is 0 Å². The average molecular weight is 229 g/mol. The Morgan fingerprint density at radius 1 is 1.18 bits per heavy atom. The first kappa shape index (κ1) is 10.7. The second kappa shape index (κ2) is 4.09. The van der Waals surface area contributed by atoms with E-state index in [1.165, 1.54) is 0 Å². The average Bonchev–Trinajstić information content (AvgIpc) is 2.39. The number of para-hydroxylation sites is 1. The number of ether oxygens (including phenoxy) is 1. The van der Waals surface area contributed by atoms with Crippen LogP contribution in [0.25, 0.3) is 10.9 Å². The van der Waals surface area contributed by atoms with Crippen molar-refractivity contribution in [2.75, 3.05) is 13.2 Å². The molecule has 1 N–H and O–H groups in total. The summed E-state index contributed by atoms with van der Waals surface area (Å²) in [6, 6.07) is 10.00. The minimum atomic E-state index is -0.769. The molecule has 0 aliphatic carbocycles. The number of pyridine rings is 1. The Bertz CT molecular complexity index is 532. The molecule has 0 radical (unpaired) electrons. The van der Waals surface area contributed by atoms with Gasteiger partial charge in [0.05, 0.1) is 11.1 Å². The number of nitrogens with zero attached hydrogens (tertiary/aromatic N) is 1. The number of fused-ring (bicyclic) bond motifs is 1. The van der Waals surface area contributed by atoms with Gasteiger partial charge in [0.1, 0.15) is 0 Å². The molecule has 0 saturated carbocycles. The molecule has 1 saturated heterocycles. The van der Waals surface area contributed by atoms with Crippen LogP contribution < -0.4 is 0 Å². The van der Waals surface area contributed by atoms with E-state index < -0.39 is 5.60 Å².